The van der Waals surface area contributed by atoms with Crippen LogP contribution in [0.5, 0.6) is 5.75 Å². The molecule has 1 aliphatic carbocycles. The topological polar surface area (TPSA) is 33.0 Å². The molecule has 96 valence electrons. The van der Waals surface area contributed by atoms with E-state index in [0.29, 0.717) is 17.6 Å². The first-order valence-electron chi connectivity index (χ1n) is 6.47. The summed E-state index contributed by atoms with van der Waals surface area (Å²) in [6.07, 6.45) is 3.18. The van der Waals surface area contributed by atoms with Gasteiger partial charge in [0.1, 0.15) is 23.2 Å². The van der Waals surface area contributed by atoms with Gasteiger partial charge in [0.2, 0.25) is 0 Å². The maximum atomic E-state index is 13.4. The first kappa shape index (κ1) is 12.9. The SMILES string of the molecule is CC1CCC(Oc2cccc(F)c2C#N)CC1C. The van der Waals surface area contributed by atoms with Crippen LogP contribution in [0.1, 0.15) is 38.7 Å². The van der Waals surface area contributed by atoms with E-state index < -0.39 is 5.82 Å². The third-order valence-electron chi connectivity index (χ3n) is 3.93. The number of hydrogen-bond acceptors (Lipinski definition) is 2. The van der Waals surface area contributed by atoms with Gasteiger partial charge in [-0.25, -0.2) is 4.39 Å². The highest BCUT2D eigenvalue weighted by Gasteiger charge is 2.26. The van der Waals surface area contributed by atoms with Crippen molar-refractivity contribution in [2.75, 3.05) is 0 Å². The molecule has 1 saturated carbocycles. The normalized spacial score (nSPS) is 27.6. The summed E-state index contributed by atoms with van der Waals surface area (Å²) in [5.41, 5.74) is 0.0174. The molecule has 0 N–H and O–H groups in total. The summed E-state index contributed by atoms with van der Waals surface area (Å²) < 4.78 is 19.3. The van der Waals surface area contributed by atoms with E-state index in [9.17, 15) is 4.39 Å². The smallest absolute Gasteiger partial charge is 0.144 e. The highest BCUT2D eigenvalue weighted by molar-refractivity contribution is 5.43. The van der Waals surface area contributed by atoms with E-state index in [4.69, 9.17) is 10.00 Å². The number of rotatable bonds is 2. The molecule has 1 aliphatic rings. The van der Waals surface area contributed by atoms with Crippen LogP contribution in [0.2, 0.25) is 0 Å². The second-order valence-electron chi connectivity index (χ2n) is 5.23. The lowest BCUT2D eigenvalue weighted by Gasteiger charge is -2.32. The quantitative estimate of drug-likeness (QED) is 0.794. The third kappa shape index (κ3) is 2.64. The van der Waals surface area contributed by atoms with Gasteiger partial charge in [-0.3, -0.25) is 0 Å². The molecule has 2 nitrogen and oxygen atoms in total. The lowest BCUT2D eigenvalue weighted by Crippen LogP contribution is -2.29. The molecule has 0 spiro atoms. The molecule has 1 fully saturated rings. The van der Waals surface area contributed by atoms with Crippen LogP contribution in [0.3, 0.4) is 0 Å². The number of nitriles is 1. The van der Waals surface area contributed by atoms with Crippen molar-refractivity contribution in [3.8, 4) is 11.8 Å². The van der Waals surface area contributed by atoms with Gasteiger partial charge >= 0.3 is 0 Å². The van der Waals surface area contributed by atoms with Crippen LogP contribution in [0, 0.1) is 29.0 Å². The Balaban J connectivity index is 2.11. The maximum Gasteiger partial charge on any atom is 0.144 e. The Morgan fingerprint density at radius 2 is 2.06 bits per heavy atom. The van der Waals surface area contributed by atoms with Gasteiger partial charge in [-0.15, -0.1) is 0 Å². The maximum absolute atomic E-state index is 13.4. The van der Waals surface area contributed by atoms with E-state index in [1.54, 1.807) is 12.1 Å². The molecule has 0 aliphatic heterocycles. The number of nitrogens with zero attached hydrogens (tertiary/aromatic N) is 1. The minimum atomic E-state index is -0.507. The Hall–Kier alpha value is -1.56. The zero-order valence-corrected chi connectivity index (χ0v) is 10.8. The van der Waals surface area contributed by atoms with E-state index in [-0.39, 0.29) is 11.7 Å². The molecule has 18 heavy (non-hydrogen) atoms. The Morgan fingerprint density at radius 3 is 2.72 bits per heavy atom. The molecule has 3 atom stereocenters. The molecule has 0 aromatic heterocycles. The lowest BCUT2D eigenvalue weighted by atomic mass is 9.80. The summed E-state index contributed by atoms with van der Waals surface area (Å²) in [4.78, 5) is 0. The predicted octanol–water partition coefficient (Wildman–Crippen LogP) is 3.90. The molecule has 0 radical (unpaired) electrons. The van der Waals surface area contributed by atoms with Crippen molar-refractivity contribution in [2.24, 2.45) is 11.8 Å². The van der Waals surface area contributed by atoms with Crippen molar-refractivity contribution >= 4 is 0 Å². The average Bonchev–Trinajstić information content (AvgIpc) is 2.34. The summed E-state index contributed by atoms with van der Waals surface area (Å²) >= 11 is 0. The predicted molar refractivity (Wildman–Crippen MR) is 67.7 cm³/mol. The summed E-state index contributed by atoms with van der Waals surface area (Å²) in [5, 5.41) is 8.95. The van der Waals surface area contributed by atoms with Gasteiger partial charge in [0.05, 0.1) is 6.10 Å². The summed E-state index contributed by atoms with van der Waals surface area (Å²) in [6, 6.07) is 6.42. The number of ether oxygens (including phenoxy) is 1. The van der Waals surface area contributed by atoms with Crippen LogP contribution in [0.4, 0.5) is 4.39 Å². The third-order valence-corrected chi connectivity index (χ3v) is 3.93. The molecule has 3 unspecified atom stereocenters. The van der Waals surface area contributed by atoms with Gasteiger partial charge in [-0.05, 0) is 43.2 Å². The molecule has 2 rings (SSSR count). The standard InChI is InChI=1S/C15H18FNO/c1-10-6-7-12(8-11(10)2)18-15-5-3-4-14(16)13(15)9-17/h3-5,10-12H,6-8H2,1-2H3. The van der Waals surface area contributed by atoms with Gasteiger partial charge < -0.3 is 4.74 Å². The number of benzene rings is 1. The van der Waals surface area contributed by atoms with Crippen LogP contribution in [-0.4, -0.2) is 6.10 Å². The van der Waals surface area contributed by atoms with E-state index in [2.05, 4.69) is 13.8 Å². The molecule has 0 saturated heterocycles. The molecule has 1 aromatic carbocycles. The van der Waals surface area contributed by atoms with Gasteiger partial charge in [-0.1, -0.05) is 19.9 Å². The minimum absolute atomic E-state index is 0.0174. The molecule has 0 amide bonds. The Bertz CT molecular complexity index is 466. The first-order valence-corrected chi connectivity index (χ1v) is 6.47. The zero-order valence-electron chi connectivity index (χ0n) is 10.8. The lowest BCUT2D eigenvalue weighted by molar-refractivity contribution is 0.1000. The van der Waals surface area contributed by atoms with Crippen molar-refractivity contribution in [3.05, 3.63) is 29.6 Å². The Labute approximate surface area is 107 Å². The van der Waals surface area contributed by atoms with Crippen LogP contribution in [-0.2, 0) is 0 Å². The largest absolute Gasteiger partial charge is 0.489 e. The number of hydrogen-bond donors (Lipinski definition) is 0. The van der Waals surface area contributed by atoms with Crippen molar-refractivity contribution in [1.82, 2.24) is 0 Å². The van der Waals surface area contributed by atoms with Crippen molar-refractivity contribution in [1.29, 1.82) is 5.26 Å². The van der Waals surface area contributed by atoms with E-state index in [1.807, 2.05) is 6.07 Å². The van der Waals surface area contributed by atoms with Gasteiger partial charge in [0.15, 0.2) is 0 Å². The van der Waals surface area contributed by atoms with Gasteiger partial charge in [0.25, 0.3) is 0 Å². The van der Waals surface area contributed by atoms with Gasteiger partial charge in [0, 0.05) is 0 Å². The summed E-state index contributed by atoms with van der Waals surface area (Å²) in [5.74, 6) is 1.20. The van der Waals surface area contributed by atoms with Crippen LogP contribution in [0.25, 0.3) is 0 Å². The fourth-order valence-corrected chi connectivity index (χ4v) is 2.50. The second kappa shape index (κ2) is 5.39. The fraction of sp³-hybridized carbons (Fsp3) is 0.533. The second-order valence-corrected chi connectivity index (χ2v) is 5.23. The minimum Gasteiger partial charge on any atom is -0.489 e. The van der Waals surface area contributed by atoms with Crippen molar-refractivity contribution in [3.63, 3.8) is 0 Å². The van der Waals surface area contributed by atoms with Crippen LogP contribution < -0.4 is 4.74 Å². The summed E-state index contributed by atoms with van der Waals surface area (Å²) in [6.45, 7) is 4.47. The monoisotopic (exact) mass is 247 g/mol. The average molecular weight is 247 g/mol. The Morgan fingerprint density at radius 1 is 1.28 bits per heavy atom. The van der Waals surface area contributed by atoms with E-state index in [1.165, 1.54) is 6.07 Å². The molecular weight excluding hydrogens is 229 g/mol. The fourth-order valence-electron chi connectivity index (χ4n) is 2.50. The molecule has 0 bridgehead atoms. The number of halogens is 1. The summed E-state index contributed by atoms with van der Waals surface area (Å²) in [7, 11) is 0. The molecule has 3 heteroatoms. The van der Waals surface area contributed by atoms with Crippen molar-refractivity contribution in [2.45, 2.75) is 39.2 Å². The molecular formula is C15H18FNO. The van der Waals surface area contributed by atoms with Crippen LogP contribution in [0.15, 0.2) is 18.2 Å². The zero-order chi connectivity index (χ0) is 13.1. The van der Waals surface area contributed by atoms with E-state index >= 15 is 0 Å². The van der Waals surface area contributed by atoms with Crippen molar-refractivity contribution < 1.29 is 9.13 Å². The molecule has 0 heterocycles. The van der Waals surface area contributed by atoms with E-state index in [0.717, 1.165) is 19.3 Å². The van der Waals surface area contributed by atoms with Gasteiger partial charge in [-0.2, -0.15) is 5.26 Å². The highest BCUT2D eigenvalue weighted by Crippen LogP contribution is 2.32. The highest BCUT2D eigenvalue weighted by atomic mass is 19.1. The van der Waals surface area contributed by atoms with Crippen LogP contribution >= 0.6 is 0 Å². The molecule has 1 aromatic rings. The Kier molecular flexibility index (Phi) is 3.86. The first-order chi connectivity index (χ1) is 8.61.